The number of aryl methyl sites for hydroxylation is 2. The molecular weight excluding hydrogens is 430 g/mol. The summed E-state index contributed by atoms with van der Waals surface area (Å²) in [5.41, 5.74) is 6.21. The summed E-state index contributed by atoms with van der Waals surface area (Å²) in [5, 5.41) is 6.57. The SMILES string of the molecule is Cc1ccc(OCNC(=O)Nc2ccc(-c3nc4ccc(C)cc4s3)cc2)c(C(C)(C)C)c1. The number of benzene rings is 3. The van der Waals surface area contributed by atoms with Gasteiger partial charge in [-0.2, -0.15) is 0 Å². The molecule has 6 heteroatoms. The summed E-state index contributed by atoms with van der Waals surface area (Å²) in [5.74, 6) is 0.781. The van der Waals surface area contributed by atoms with Crippen molar-refractivity contribution in [2.45, 2.75) is 40.0 Å². The van der Waals surface area contributed by atoms with Crippen LogP contribution in [0, 0.1) is 13.8 Å². The predicted molar refractivity (Wildman–Crippen MR) is 137 cm³/mol. The van der Waals surface area contributed by atoms with E-state index in [0.717, 1.165) is 27.4 Å². The van der Waals surface area contributed by atoms with E-state index < -0.39 is 0 Å². The number of anilines is 1. The molecule has 2 N–H and O–H groups in total. The van der Waals surface area contributed by atoms with Crippen molar-refractivity contribution in [2.75, 3.05) is 12.0 Å². The first-order valence-electron chi connectivity index (χ1n) is 11.0. The highest BCUT2D eigenvalue weighted by Crippen LogP contribution is 2.32. The zero-order valence-corrected chi connectivity index (χ0v) is 20.5. The third-order valence-electron chi connectivity index (χ3n) is 5.34. The smallest absolute Gasteiger partial charge is 0.321 e. The van der Waals surface area contributed by atoms with Crippen LogP contribution < -0.4 is 15.4 Å². The fourth-order valence-corrected chi connectivity index (χ4v) is 4.63. The Morgan fingerprint density at radius 2 is 1.67 bits per heavy atom. The van der Waals surface area contributed by atoms with Gasteiger partial charge in [-0.05, 0) is 72.9 Å². The molecule has 0 bridgehead atoms. The lowest BCUT2D eigenvalue weighted by atomic mass is 9.85. The van der Waals surface area contributed by atoms with Gasteiger partial charge in [-0.15, -0.1) is 11.3 Å². The highest BCUT2D eigenvalue weighted by atomic mass is 32.1. The summed E-state index contributed by atoms with van der Waals surface area (Å²) < 4.78 is 7.04. The summed E-state index contributed by atoms with van der Waals surface area (Å²) in [6, 6.07) is 19.8. The maximum Gasteiger partial charge on any atom is 0.321 e. The Morgan fingerprint density at radius 3 is 2.39 bits per heavy atom. The molecule has 4 aromatic rings. The minimum atomic E-state index is -0.317. The van der Waals surface area contributed by atoms with Crippen LogP contribution in [0.1, 0.15) is 37.5 Å². The van der Waals surface area contributed by atoms with Crippen LogP contribution in [-0.2, 0) is 5.41 Å². The Bertz CT molecular complexity index is 1290. The van der Waals surface area contributed by atoms with Gasteiger partial charge in [-0.3, -0.25) is 0 Å². The molecule has 0 aliphatic rings. The van der Waals surface area contributed by atoms with E-state index in [1.165, 1.54) is 15.8 Å². The number of nitrogens with one attached hydrogen (secondary N) is 2. The van der Waals surface area contributed by atoms with E-state index in [1.54, 1.807) is 11.3 Å². The monoisotopic (exact) mass is 459 g/mol. The van der Waals surface area contributed by atoms with Gasteiger partial charge in [0.2, 0.25) is 0 Å². The van der Waals surface area contributed by atoms with Crippen LogP contribution in [0.3, 0.4) is 0 Å². The lowest BCUT2D eigenvalue weighted by Gasteiger charge is -2.23. The largest absolute Gasteiger partial charge is 0.473 e. The maximum absolute atomic E-state index is 12.3. The Hall–Kier alpha value is -3.38. The van der Waals surface area contributed by atoms with Crippen LogP contribution >= 0.6 is 11.3 Å². The summed E-state index contributed by atoms with van der Waals surface area (Å²) in [6.07, 6.45) is 0. The molecule has 0 aliphatic carbocycles. The second kappa shape index (κ2) is 9.24. The van der Waals surface area contributed by atoms with Gasteiger partial charge in [0, 0.05) is 11.3 Å². The molecule has 5 nitrogen and oxygen atoms in total. The van der Waals surface area contributed by atoms with Crippen molar-refractivity contribution in [1.82, 2.24) is 10.3 Å². The summed E-state index contributed by atoms with van der Waals surface area (Å²) >= 11 is 1.67. The number of carbonyl (C=O) groups excluding carboxylic acids is 1. The quantitative estimate of drug-likeness (QED) is 0.315. The Labute approximate surface area is 198 Å². The molecule has 33 heavy (non-hydrogen) atoms. The third kappa shape index (κ3) is 5.52. The minimum absolute atomic E-state index is 0.0482. The number of hydrogen-bond donors (Lipinski definition) is 2. The Kier molecular flexibility index (Phi) is 6.38. The Morgan fingerprint density at radius 1 is 0.970 bits per heavy atom. The first kappa shape index (κ1) is 22.8. The summed E-state index contributed by atoms with van der Waals surface area (Å²) in [7, 11) is 0. The standard InChI is InChI=1S/C27H29N3O2S/c1-17-7-13-23(21(14-17)27(3,4)5)32-16-28-26(31)29-20-10-8-19(9-11-20)25-30-22-12-6-18(2)15-24(22)33-25/h6-15H,16H2,1-5H3,(H2,28,29,31). The van der Waals surface area contributed by atoms with Gasteiger partial charge in [0.1, 0.15) is 10.8 Å². The molecule has 2 amide bonds. The lowest BCUT2D eigenvalue weighted by Crippen LogP contribution is -2.32. The molecule has 170 valence electrons. The van der Waals surface area contributed by atoms with Crippen molar-refractivity contribution in [1.29, 1.82) is 0 Å². The fourth-order valence-electron chi connectivity index (χ4n) is 3.56. The Balaban J connectivity index is 1.35. The molecule has 0 saturated heterocycles. The van der Waals surface area contributed by atoms with E-state index in [0.29, 0.717) is 5.69 Å². The first-order chi connectivity index (χ1) is 15.7. The van der Waals surface area contributed by atoms with Gasteiger partial charge in [0.15, 0.2) is 6.73 Å². The van der Waals surface area contributed by atoms with E-state index >= 15 is 0 Å². The van der Waals surface area contributed by atoms with Crippen molar-refractivity contribution in [3.63, 3.8) is 0 Å². The number of thiazole rings is 1. The van der Waals surface area contributed by atoms with Gasteiger partial charge >= 0.3 is 6.03 Å². The van der Waals surface area contributed by atoms with Crippen molar-refractivity contribution >= 4 is 33.3 Å². The number of ether oxygens (including phenoxy) is 1. The molecule has 4 rings (SSSR count). The number of aromatic nitrogens is 1. The molecule has 0 atom stereocenters. The molecule has 0 unspecified atom stereocenters. The van der Waals surface area contributed by atoms with Crippen LogP contribution in [0.25, 0.3) is 20.8 Å². The molecule has 0 aliphatic heterocycles. The van der Waals surface area contributed by atoms with E-state index in [-0.39, 0.29) is 18.2 Å². The molecule has 1 heterocycles. The van der Waals surface area contributed by atoms with Gasteiger partial charge in [-0.1, -0.05) is 44.5 Å². The highest BCUT2D eigenvalue weighted by Gasteiger charge is 2.19. The van der Waals surface area contributed by atoms with Crippen LogP contribution in [-0.4, -0.2) is 17.7 Å². The van der Waals surface area contributed by atoms with Crippen molar-refractivity contribution in [3.8, 4) is 16.3 Å². The zero-order valence-electron chi connectivity index (χ0n) is 19.7. The minimum Gasteiger partial charge on any atom is -0.473 e. The third-order valence-corrected chi connectivity index (χ3v) is 6.40. The van der Waals surface area contributed by atoms with Crippen molar-refractivity contribution in [3.05, 3.63) is 77.4 Å². The molecule has 0 spiro atoms. The van der Waals surface area contributed by atoms with Gasteiger partial charge in [-0.25, -0.2) is 9.78 Å². The maximum atomic E-state index is 12.3. The van der Waals surface area contributed by atoms with Gasteiger partial charge in [0.25, 0.3) is 0 Å². The van der Waals surface area contributed by atoms with E-state index in [9.17, 15) is 4.79 Å². The average molecular weight is 460 g/mol. The fraction of sp³-hybridized carbons (Fsp3) is 0.259. The zero-order chi connectivity index (χ0) is 23.6. The molecule has 0 radical (unpaired) electrons. The highest BCUT2D eigenvalue weighted by molar-refractivity contribution is 7.21. The van der Waals surface area contributed by atoms with Crippen LogP contribution in [0.2, 0.25) is 0 Å². The van der Waals surface area contributed by atoms with Crippen molar-refractivity contribution in [2.24, 2.45) is 0 Å². The summed E-state index contributed by atoms with van der Waals surface area (Å²) in [6.45, 7) is 10.7. The number of hydrogen-bond acceptors (Lipinski definition) is 4. The second-order valence-corrected chi connectivity index (χ2v) is 10.3. The van der Waals surface area contributed by atoms with E-state index in [4.69, 9.17) is 9.72 Å². The normalized spacial score (nSPS) is 11.4. The molecule has 0 saturated carbocycles. The molecular formula is C27H29N3O2S. The number of rotatable bonds is 5. The number of fused-ring (bicyclic) bond motifs is 1. The number of nitrogens with zero attached hydrogens (tertiary/aromatic N) is 1. The second-order valence-electron chi connectivity index (χ2n) is 9.24. The van der Waals surface area contributed by atoms with Crippen LogP contribution in [0.15, 0.2) is 60.7 Å². The van der Waals surface area contributed by atoms with Gasteiger partial charge < -0.3 is 15.4 Å². The molecule has 1 aromatic heterocycles. The molecule has 3 aromatic carbocycles. The number of amides is 2. The van der Waals surface area contributed by atoms with Crippen molar-refractivity contribution < 1.29 is 9.53 Å². The predicted octanol–water partition coefficient (Wildman–Crippen LogP) is 7.04. The van der Waals surface area contributed by atoms with Gasteiger partial charge in [0.05, 0.1) is 10.2 Å². The lowest BCUT2D eigenvalue weighted by molar-refractivity contribution is 0.233. The van der Waals surface area contributed by atoms with E-state index in [1.807, 2.05) is 42.5 Å². The first-order valence-corrected chi connectivity index (χ1v) is 11.8. The average Bonchev–Trinajstić information content (AvgIpc) is 3.17. The summed E-state index contributed by atoms with van der Waals surface area (Å²) in [4.78, 5) is 17.0. The number of urea groups is 1. The van der Waals surface area contributed by atoms with Crippen LogP contribution in [0.5, 0.6) is 5.75 Å². The topological polar surface area (TPSA) is 63.2 Å². The number of carbonyl (C=O) groups is 1. The molecule has 0 fully saturated rings. The van der Waals surface area contributed by atoms with E-state index in [2.05, 4.69) is 63.5 Å². The van der Waals surface area contributed by atoms with Crippen LogP contribution in [0.4, 0.5) is 10.5 Å².